The van der Waals surface area contributed by atoms with Gasteiger partial charge in [-0.25, -0.2) is 0 Å². The Kier molecular flexibility index (Phi) is 6.99. The minimum absolute atomic E-state index is 0.0330. The van der Waals surface area contributed by atoms with Crippen molar-refractivity contribution in [3.05, 3.63) is 29.3 Å². The van der Waals surface area contributed by atoms with Crippen molar-refractivity contribution in [2.45, 2.75) is 5.38 Å². The number of alkyl halides is 1. The minimum atomic E-state index is -0.227. The summed E-state index contributed by atoms with van der Waals surface area (Å²) < 4.78 is 10.3. The molecule has 4 nitrogen and oxygen atoms in total. The number of amides is 1. The van der Waals surface area contributed by atoms with Crippen molar-refractivity contribution in [2.24, 2.45) is 0 Å². The van der Waals surface area contributed by atoms with E-state index in [1.54, 1.807) is 38.4 Å². The number of likely N-dealkylation sites (N-methyl/N-ethyl adjacent to an activating group) is 1. The normalized spacial score (nSPS) is 12.0. The number of carbonyl (C=O) groups excluding carboxylic acids is 1. The van der Waals surface area contributed by atoms with Crippen LogP contribution in [0.25, 0.3) is 0 Å². The van der Waals surface area contributed by atoms with Crippen LogP contribution in [0.5, 0.6) is 5.75 Å². The third kappa shape index (κ3) is 6.14. The maximum atomic E-state index is 11.8. The van der Waals surface area contributed by atoms with Crippen LogP contribution in [-0.2, 0) is 9.53 Å². The highest BCUT2D eigenvalue weighted by atomic mass is 35.5. The molecule has 0 radical (unpaired) electrons. The van der Waals surface area contributed by atoms with E-state index in [0.29, 0.717) is 23.9 Å². The molecule has 1 unspecified atom stereocenters. The van der Waals surface area contributed by atoms with Crippen molar-refractivity contribution in [2.75, 3.05) is 33.9 Å². The van der Waals surface area contributed by atoms with Gasteiger partial charge < -0.3 is 14.4 Å². The Morgan fingerprint density at radius 1 is 1.37 bits per heavy atom. The van der Waals surface area contributed by atoms with E-state index in [-0.39, 0.29) is 17.9 Å². The van der Waals surface area contributed by atoms with Crippen molar-refractivity contribution in [3.63, 3.8) is 0 Å². The molecule has 1 amide bonds. The zero-order valence-electron chi connectivity index (χ0n) is 10.9. The fourth-order valence-corrected chi connectivity index (χ4v) is 1.88. The molecule has 1 aromatic rings. The van der Waals surface area contributed by atoms with Gasteiger partial charge in [0.2, 0.25) is 0 Å². The van der Waals surface area contributed by atoms with Crippen molar-refractivity contribution in [1.29, 1.82) is 0 Å². The Morgan fingerprint density at radius 3 is 2.58 bits per heavy atom. The predicted molar refractivity (Wildman–Crippen MR) is 76.1 cm³/mol. The first-order valence-corrected chi connectivity index (χ1v) is 6.59. The zero-order valence-corrected chi connectivity index (χ0v) is 12.4. The Morgan fingerprint density at radius 2 is 2.00 bits per heavy atom. The molecule has 0 saturated carbocycles. The van der Waals surface area contributed by atoms with Gasteiger partial charge in [0.25, 0.3) is 5.91 Å². The number of methoxy groups -OCH3 is 1. The number of halogens is 2. The van der Waals surface area contributed by atoms with Gasteiger partial charge in [-0.05, 0) is 24.3 Å². The highest BCUT2D eigenvalue weighted by Crippen LogP contribution is 2.15. The summed E-state index contributed by atoms with van der Waals surface area (Å²) in [5, 5.41) is 0.398. The van der Waals surface area contributed by atoms with E-state index in [2.05, 4.69) is 0 Å². The quantitative estimate of drug-likeness (QED) is 0.726. The van der Waals surface area contributed by atoms with Gasteiger partial charge in [0.1, 0.15) is 5.75 Å². The Balaban J connectivity index is 2.36. The van der Waals surface area contributed by atoms with Crippen LogP contribution in [0.3, 0.4) is 0 Å². The smallest absolute Gasteiger partial charge is 0.260 e. The average Bonchev–Trinajstić information content (AvgIpc) is 2.37. The summed E-state index contributed by atoms with van der Waals surface area (Å²) in [6, 6.07) is 6.84. The Labute approximate surface area is 123 Å². The van der Waals surface area contributed by atoms with Crippen LogP contribution in [-0.4, -0.2) is 50.1 Å². The summed E-state index contributed by atoms with van der Waals surface area (Å²) in [6.07, 6.45) is 0. The van der Waals surface area contributed by atoms with Crippen LogP contribution < -0.4 is 4.74 Å². The van der Waals surface area contributed by atoms with Gasteiger partial charge in [-0.3, -0.25) is 4.79 Å². The van der Waals surface area contributed by atoms with Gasteiger partial charge in [-0.2, -0.15) is 0 Å². The molecule has 0 aliphatic carbocycles. The highest BCUT2D eigenvalue weighted by molar-refractivity contribution is 6.30. The third-order valence-corrected chi connectivity index (χ3v) is 2.94. The third-order valence-electron chi connectivity index (χ3n) is 2.42. The van der Waals surface area contributed by atoms with E-state index in [9.17, 15) is 4.79 Å². The lowest BCUT2D eigenvalue weighted by Crippen LogP contribution is -2.36. The summed E-state index contributed by atoms with van der Waals surface area (Å²) in [6.45, 7) is 0.782. The topological polar surface area (TPSA) is 38.8 Å². The lowest BCUT2D eigenvalue weighted by molar-refractivity contribution is -0.132. The van der Waals surface area contributed by atoms with Crippen molar-refractivity contribution in [1.82, 2.24) is 4.90 Å². The van der Waals surface area contributed by atoms with Gasteiger partial charge in [0.05, 0.1) is 12.0 Å². The number of benzene rings is 1. The molecule has 0 spiro atoms. The molecular formula is C13H17Cl2NO3. The summed E-state index contributed by atoms with van der Waals surface area (Å²) in [5.74, 6) is 0.460. The maximum Gasteiger partial charge on any atom is 0.260 e. The van der Waals surface area contributed by atoms with E-state index in [1.165, 1.54) is 4.90 Å². The standard InChI is InChI=1S/C13H17Cl2NO3/c1-16(7-11(15)8-18-2)13(17)9-19-12-5-3-10(14)4-6-12/h3-6,11H,7-9H2,1-2H3. The molecular weight excluding hydrogens is 289 g/mol. The van der Waals surface area contributed by atoms with E-state index in [1.807, 2.05) is 0 Å². The van der Waals surface area contributed by atoms with E-state index in [0.717, 1.165) is 0 Å². The number of ether oxygens (including phenoxy) is 2. The molecule has 0 heterocycles. The first-order valence-electron chi connectivity index (χ1n) is 5.78. The molecule has 19 heavy (non-hydrogen) atoms. The largest absolute Gasteiger partial charge is 0.484 e. The Hall–Kier alpha value is -0.970. The SMILES string of the molecule is COCC(Cl)CN(C)C(=O)COc1ccc(Cl)cc1. The molecule has 1 aromatic carbocycles. The molecule has 106 valence electrons. The van der Waals surface area contributed by atoms with E-state index < -0.39 is 0 Å². The summed E-state index contributed by atoms with van der Waals surface area (Å²) in [4.78, 5) is 13.3. The van der Waals surface area contributed by atoms with Gasteiger partial charge in [-0.1, -0.05) is 11.6 Å². The molecule has 1 atom stereocenters. The van der Waals surface area contributed by atoms with Gasteiger partial charge in [0, 0.05) is 25.7 Å². The lowest BCUT2D eigenvalue weighted by Gasteiger charge is -2.20. The van der Waals surface area contributed by atoms with Crippen LogP contribution in [0.4, 0.5) is 0 Å². The number of rotatable bonds is 7. The van der Waals surface area contributed by atoms with Crippen LogP contribution in [0.1, 0.15) is 0 Å². The summed E-state index contributed by atoms with van der Waals surface area (Å²) in [5.41, 5.74) is 0. The van der Waals surface area contributed by atoms with Crippen LogP contribution in [0, 0.1) is 0 Å². The average molecular weight is 306 g/mol. The van der Waals surface area contributed by atoms with Crippen LogP contribution in [0.15, 0.2) is 24.3 Å². The molecule has 0 N–H and O–H groups in total. The minimum Gasteiger partial charge on any atom is -0.484 e. The van der Waals surface area contributed by atoms with E-state index >= 15 is 0 Å². The molecule has 0 fully saturated rings. The first-order chi connectivity index (χ1) is 9.02. The summed E-state index contributed by atoms with van der Waals surface area (Å²) in [7, 11) is 3.25. The second kappa shape index (κ2) is 8.25. The molecule has 0 aromatic heterocycles. The molecule has 0 aliphatic rings. The Bertz CT molecular complexity index is 397. The second-order valence-corrected chi connectivity index (χ2v) is 5.12. The lowest BCUT2D eigenvalue weighted by atomic mass is 10.3. The molecule has 0 saturated heterocycles. The van der Waals surface area contributed by atoms with Crippen molar-refractivity contribution < 1.29 is 14.3 Å². The van der Waals surface area contributed by atoms with E-state index in [4.69, 9.17) is 32.7 Å². The van der Waals surface area contributed by atoms with Gasteiger partial charge in [-0.15, -0.1) is 11.6 Å². The van der Waals surface area contributed by atoms with Crippen molar-refractivity contribution in [3.8, 4) is 5.75 Å². The first kappa shape index (κ1) is 16.1. The second-order valence-electron chi connectivity index (χ2n) is 4.07. The zero-order chi connectivity index (χ0) is 14.3. The monoisotopic (exact) mass is 305 g/mol. The predicted octanol–water partition coefficient (Wildman–Crippen LogP) is 2.43. The van der Waals surface area contributed by atoms with Crippen LogP contribution >= 0.6 is 23.2 Å². The fraction of sp³-hybridized carbons (Fsp3) is 0.462. The molecule has 1 rings (SSSR count). The van der Waals surface area contributed by atoms with Gasteiger partial charge >= 0.3 is 0 Å². The number of nitrogens with zero attached hydrogens (tertiary/aromatic N) is 1. The summed E-state index contributed by atoms with van der Waals surface area (Å²) >= 11 is 11.7. The number of hydrogen-bond donors (Lipinski definition) is 0. The van der Waals surface area contributed by atoms with Crippen LogP contribution in [0.2, 0.25) is 5.02 Å². The van der Waals surface area contributed by atoms with Crippen molar-refractivity contribution >= 4 is 29.1 Å². The maximum absolute atomic E-state index is 11.8. The molecule has 0 bridgehead atoms. The number of carbonyl (C=O) groups is 1. The fourth-order valence-electron chi connectivity index (χ4n) is 1.42. The highest BCUT2D eigenvalue weighted by Gasteiger charge is 2.14. The number of hydrogen-bond acceptors (Lipinski definition) is 3. The molecule has 0 aliphatic heterocycles. The van der Waals surface area contributed by atoms with Gasteiger partial charge in [0.15, 0.2) is 6.61 Å². The molecule has 6 heteroatoms.